The zero-order chi connectivity index (χ0) is 15.1. The molecule has 5 nitrogen and oxygen atoms in total. The first-order valence-corrected chi connectivity index (χ1v) is 7.59. The number of amides is 1. The predicted molar refractivity (Wildman–Crippen MR) is 84.2 cm³/mol. The third-order valence-corrected chi connectivity index (χ3v) is 3.93. The molecule has 0 aliphatic carbocycles. The molecule has 0 atom stereocenters. The molecule has 0 aromatic heterocycles. The van der Waals surface area contributed by atoms with E-state index >= 15 is 0 Å². The number of carbonyl (C=O) groups is 1. The number of para-hydroxylation sites is 2. The number of piperidine rings is 1. The van der Waals surface area contributed by atoms with Gasteiger partial charge in [-0.1, -0.05) is 12.1 Å². The van der Waals surface area contributed by atoms with E-state index in [1.54, 1.807) is 6.92 Å². The van der Waals surface area contributed by atoms with Gasteiger partial charge in [0.25, 0.3) is 0 Å². The van der Waals surface area contributed by atoms with Crippen LogP contribution in [0.4, 0.5) is 5.69 Å². The van der Waals surface area contributed by atoms with Crippen molar-refractivity contribution in [3.05, 3.63) is 24.3 Å². The van der Waals surface area contributed by atoms with Crippen molar-refractivity contribution in [2.24, 2.45) is 5.92 Å². The number of hydrogen-bond acceptors (Lipinski definition) is 4. The zero-order valence-electron chi connectivity index (χ0n) is 12.7. The summed E-state index contributed by atoms with van der Waals surface area (Å²) in [6.45, 7) is 6.09. The molecule has 0 spiro atoms. The van der Waals surface area contributed by atoms with Gasteiger partial charge in [0.05, 0.1) is 5.69 Å². The van der Waals surface area contributed by atoms with Gasteiger partial charge in [0.1, 0.15) is 12.4 Å². The molecule has 0 radical (unpaired) electrons. The minimum atomic E-state index is 0.0614. The lowest BCUT2D eigenvalue weighted by Gasteiger charge is -2.31. The second-order valence-electron chi connectivity index (χ2n) is 5.61. The minimum absolute atomic E-state index is 0.0614. The Labute approximate surface area is 126 Å². The van der Waals surface area contributed by atoms with Crippen molar-refractivity contribution in [2.75, 3.05) is 38.5 Å². The average Bonchev–Trinajstić information content (AvgIpc) is 2.48. The van der Waals surface area contributed by atoms with Crippen LogP contribution in [0.3, 0.4) is 0 Å². The summed E-state index contributed by atoms with van der Waals surface area (Å²) in [5.41, 5.74) is 6.53. The second kappa shape index (κ2) is 7.88. The quantitative estimate of drug-likeness (QED) is 0.779. The molecule has 1 saturated heterocycles. The molecule has 0 unspecified atom stereocenters. The van der Waals surface area contributed by atoms with Crippen LogP contribution in [0, 0.1) is 5.92 Å². The van der Waals surface area contributed by atoms with Crippen molar-refractivity contribution in [1.29, 1.82) is 0 Å². The summed E-state index contributed by atoms with van der Waals surface area (Å²) in [7, 11) is 0. The van der Waals surface area contributed by atoms with Crippen LogP contribution in [-0.4, -0.2) is 43.6 Å². The van der Waals surface area contributed by atoms with E-state index in [0.717, 1.165) is 44.8 Å². The molecule has 5 heteroatoms. The highest BCUT2D eigenvalue weighted by Crippen LogP contribution is 2.20. The Kier molecular flexibility index (Phi) is 5.87. The largest absolute Gasteiger partial charge is 0.490 e. The number of nitrogens with one attached hydrogen (secondary N) is 1. The third kappa shape index (κ3) is 5.27. The van der Waals surface area contributed by atoms with Crippen LogP contribution in [-0.2, 0) is 4.79 Å². The first-order chi connectivity index (χ1) is 10.1. The molecule has 1 aliphatic rings. The fourth-order valence-electron chi connectivity index (χ4n) is 2.60. The molecular weight excluding hydrogens is 266 g/mol. The van der Waals surface area contributed by atoms with Crippen LogP contribution in [0.5, 0.6) is 5.75 Å². The topological polar surface area (TPSA) is 67.6 Å². The first-order valence-electron chi connectivity index (χ1n) is 7.59. The molecule has 1 fully saturated rings. The number of likely N-dealkylation sites (tertiary alicyclic amines) is 1. The Morgan fingerprint density at radius 2 is 2.10 bits per heavy atom. The van der Waals surface area contributed by atoms with E-state index in [2.05, 4.69) is 10.2 Å². The van der Waals surface area contributed by atoms with E-state index in [0.29, 0.717) is 18.2 Å². The molecule has 2 rings (SSSR count). The number of carbonyl (C=O) groups excluding carboxylic acids is 1. The number of ether oxygens (including phenoxy) is 1. The molecule has 21 heavy (non-hydrogen) atoms. The Hall–Kier alpha value is -1.75. The molecule has 0 saturated carbocycles. The fourth-order valence-corrected chi connectivity index (χ4v) is 2.60. The van der Waals surface area contributed by atoms with Gasteiger partial charge in [-0.15, -0.1) is 0 Å². The van der Waals surface area contributed by atoms with Crippen LogP contribution in [0.1, 0.15) is 19.8 Å². The van der Waals surface area contributed by atoms with E-state index in [9.17, 15) is 4.79 Å². The number of nitrogen functional groups attached to an aromatic ring is 1. The summed E-state index contributed by atoms with van der Waals surface area (Å²) in [5, 5.41) is 2.90. The van der Waals surface area contributed by atoms with Crippen molar-refractivity contribution in [2.45, 2.75) is 19.8 Å². The lowest BCUT2D eigenvalue weighted by molar-refractivity contribution is -0.119. The standard InChI is InChI=1S/C16H25N3O2/c1-13(20)18-12-14-6-8-19(9-7-14)10-11-21-16-5-3-2-4-15(16)17/h2-5,14H,6-12,17H2,1H3,(H,18,20). The molecule has 3 N–H and O–H groups in total. The maximum absolute atomic E-state index is 10.9. The number of nitrogens with zero attached hydrogens (tertiary/aromatic N) is 1. The van der Waals surface area contributed by atoms with Crippen LogP contribution >= 0.6 is 0 Å². The second-order valence-corrected chi connectivity index (χ2v) is 5.61. The van der Waals surface area contributed by atoms with Gasteiger partial charge in [0, 0.05) is 20.0 Å². The van der Waals surface area contributed by atoms with Crippen LogP contribution in [0.2, 0.25) is 0 Å². The summed E-state index contributed by atoms with van der Waals surface area (Å²) in [6, 6.07) is 7.58. The van der Waals surface area contributed by atoms with Gasteiger partial charge in [0.2, 0.25) is 5.91 Å². The summed E-state index contributed by atoms with van der Waals surface area (Å²) in [6.07, 6.45) is 2.27. The van der Waals surface area contributed by atoms with E-state index in [1.165, 1.54) is 0 Å². The number of anilines is 1. The molecule has 0 bridgehead atoms. The van der Waals surface area contributed by atoms with Gasteiger partial charge >= 0.3 is 0 Å². The SMILES string of the molecule is CC(=O)NCC1CCN(CCOc2ccccc2N)CC1. The van der Waals surface area contributed by atoms with Gasteiger partial charge in [-0.3, -0.25) is 9.69 Å². The summed E-state index contributed by atoms with van der Waals surface area (Å²) < 4.78 is 5.72. The highest BCUT2D eigenvalue weighted by Gasteiger charge is 2.19. The summed E-state index contributed by atoms with van der Waals surface area (Å²) in [5.74, 6) is 1.43. The minimum Gasteiger partial charge on any atom is -0.490 e. The number of hydrogen-bond donors (Lipinski definition) is 2. The van der Waals surface area contributed by atoms with Crippen molar-refractivity contribution in [1.82, 2.24) is 10.2 Å². The lowest BCUT2D eigenvalue weighted by Crippen LogP contribution is -2.39. The summed E-state index contributed by atoms with van der Waals surface area (Å²) >= 11 is 0. The molecular formula is C16H25N3O2. The monoisotopic (exact) mass is 291 g/mol. The van der Waals surface area contributed by atoms with Gasteiger partial charge in [0.15, 0.2) is 0 Å². The van der Waals surface area contributed by atoms with Crippen LogP contribution in [0.15, 0.2) is 24.3 Å². The summed E-state index contributed by atoms with van der Waals surface area (Å²) in [4.78, 5) is 13.3. The van der Waals surface area contributed by atoms with Crippen molar-refractivity contribution in [3.63, 3.8) is 0 Å². The van der Waals surface area contributed by atoms with Crippen molar-refractivity contribution >= 4 is 11.6 Å². The molecule has 1 heterocycles. The number of rotatable bonds is 6. The average molecular weight is 291 g/mol. The molecule has 1 aliphatic heterocycles. The van der Waals surface area contributed by atoms with Crippen LogP contribution in [0.25, 0.3) is 0 Å². The Bertz CT molecular complexity index is 457. The van der Waals surface area contributed by atoms with Gasteiger partial charge in [-0.2, -0.15) is 0 Å². The first kappa shape index (κ1) is 15.6. The Morgan fingerprint density at radius 3 is 2.76 bits per heavy atom. The third-order valence-electron chi connectivity index (χ3n) is 3.93. The molecule has 1 amide bonds. The van der Waals surface area contributed by atoms with Crippen molar-refractivity contribution in [3.8, 4) is 5.75 Å². The van der Waals surface area contributed by atoms with Crippen molar-refractivity contribution < 1.29 is 9.53 Å². The predicted octanol–water partition coefficient (Wildman–Crippen LogP) is 1.50. The maximum atomic E-state index is 10.9. The zero-order valence-corrected chi connectivity index (χ0v) is 12.7. The van der Waals surface area contributed by atoms with Gasteiger partial charge in [-0.05, 0) is 44.0 Å². The molecule has 116 valence electrons. The van der Waals surface area contributed by atoms with E-state index in [4.69, 9.17) is 10.5 Å². The fraction of sp³-hybridized carbons (Fsp3) is 0.562. The van der Waals surface area contributed by atoms with E-state index < -0.39 is 0 Å². The van der Waals surface area contributed by atoms with Gasteiger partial charge in [-0.25, -0.2) is 0 Å². The normalized spacial score (nSPS) is 16.6. The van der Waals surface area contributed by atoms with E-state index in [1.807, 2.05) is 24.3 Å². The highest BCUT2D eigenvalue weighted by atomic mass is 16.5. The van der Waals surface area contributed by atoms with Crippen LogP contribution < -0.4 is 15.8 Å². The maximum Gasteiger partial charge on any atom is 0.216 e. The highest BCUT2D eigenvalue weighted by molar-refractivity contribution is 5.72. The molecule has 1 aromatic carbocycles. The van der Waals surface area contributed by atoms with E-state index in [-0.39, 0.29) is 5.91 Å². The lowest BCUT2D eigenvalue weighted by atomic mass is 9.97. The Balaban J connectivity index is 1.63. The number of benzene rings is 1. The Morgan fingerprint density at radius 1 is 1.38 bits per heavy atom. The number of nitrogens with two attached hydrogens (primary N) is 1. The smallest absolute Gasteiger partial charge is 0.216 e. The molecule has 1 aromatic rings. The van der Waals surface area contributed by atoms with Gasteiger partial charge < -0.3 is 15.8 Å².